The molecule has 9 heteroatoms. The molecular formula is C22H22N2O5S2. The lowest BCUT2D eigenvalue weighted by molar-refractivity contribution is -0.124. The molecule has 1 heterocycles. The Hall–Kier alpha value is -3.01. The van der Waals surface area contributed by atoms with Gasteiger partial charge in [-0.05, 0) is 28.6 Å². The minimum Gasteiger partial charge on any atom is -0.451 e. The Labute approximate surface area is 185 Å². The summed E-state index contributed by atoms with van der Waals surface area (Å²) < 4.78 is 31.2. The molecule has 0 spiro atoms. The van der Waals surface area contributed by atoms with E-state index < -0.39 is 28.5 Å². The number of rotatable bonds is 8. The first-order valence-corrected chi connectivity index (χ1v) is 11.7. The third-order valence-corrected chi connectivity index (χ3v) is 7.29. The number of hydrogen-bond acceptors (Lipinski definition) is 6. The Bertz CT molecular complexity index is 1170. The number of sulfonamides is 1. The highest BCUT2D eigenvalue weighted by Crippen LogP contribution is 2.28. The number of thiophene rings is 1. The summed E-state index contributed by atoms with van der Waals surface area (Å²) in [5.41, 5.74) is 2.08. The summed E-state index contributed by atoms with van der Waals surface area (Å²) in [6.07, 6.45) is 0. The van der Waals surface area contributed by atoms with Crippen molar-refractivity contribution >= 4 is 33.2 Å². The molecule has 3 aromatic rings. The molecule has 0 radical (unpaired) electrons. The predicted octanol–water partition coefficient (Wildman–Crippen LogP) is 3.14. The van der Waals surface area contributed by atoms with Crippen LogP contribution < -0.4 is 5.32 Å². The van der Waals surface area contributed by atoms with E-state index in [0.29, 0.717) is 10.4 Å². The number of benzene rings is 2. The van der Waals surface area contributed by atoms with Crippen molar-refractivity contribution in [3.8, 4) is 11.1 Å². The molecule has 1 N–H and O–H groups in total. The van der Waals surface area contributed by atoms with E-state index in [-0.39, 0.29) is 11.4 Å². The molecule has 3 rings (SSSR count). The number of esters is 1. The second kappa shape index (κ2) is 9.86. The number of nitrogens with zero attached hydrogens (tertiary/aromatic N) is 1. The number of ether oxygens (including phenoxy) is 1. The molecule has 0 saturated carbocycles. The maximum Gasteiger partial charge on any atom is 0.349 e. The van der Waals surface area contributed by atoms with Gasteiger partial charge in [-0.1, -0.05) is 48.5 Å². The topological polar surface area (TPSA) is 92.8 Å². The summed E-state index contributed by atoms with van der Waals surface area (Å²) in [5.74, 6) is -1.11. The van der Waals surface area contributed by atoms with Crippen molar-refractivity contribution in [3.63, 3.8) is 0 Å². The average molecular weight is 459 g/mol. The second-order valence-corrected chi connectivity index (χ2v) is 9.81. The molecule has 7 nitrogen and oxygen atoms in total. The van der Waals surface area contributed by atoms with Gasteiger partial charge in [0.25, 0.3) is 5.91 Å². The molecule has 0 aliphatic carbocycles. The van der Waals surface area contributed by atoms with Gasteiger partial charge >= 0.3 is 5.97 Å². The number of nitrogens with one attached hydrogen (secondary N) is 1. The Kier molecular flexibility index (Phi) is 7.21. The van der Waals surface area contributed by atoms with Crippen LogP contribution in [0.2, 0.25) is 0 Å². The molecule has 162 valence electrons. The molecule has 0 fully saturated rings. The van der Waals surface area contributed by atoms with Gasteiger partial charge in [0, 0.05) is 26.2 Å². The molecule has 0 aliphatic rings. The van der Waals surface area contributed by atoms with Crippen LogP contribution in [-0.4, -0.2) is 45.3 Å². The van der Waals surface area contributed by atoms with Crippen LogP contribution in [0.5, 0.6) is 0 Å². The summed E-state index contributed by atoms with van der Waals surface area (Å²) in [5, 5.41) is 4.39. The van der Waals surface area contributed by atoms with Gasteiger partial charge in [0.2, 0.25) is 10.0 Å². The standard InChI is InChI=1S/C22H22N2O5S2/c1-24(2)31(27,28)19-11-7-6-10-17(19)14-23-20(25)15-29-22(26)21-18(12-13-30-21)16-8-4-3-5-9-16/h3-13H,14-15H2,1-2H3,(H,23,25). The molecule has 31 heavy (non-hydrogen) atoms. The summed E-state index contributed by atoms with van der Waals surface area (Å²) in [7, 11) is -0.758. The first-order chi connectivity index (χ1) is 14.8. The Morgan fingerprint density at radius 2 is 1.68 bits per heavy atom. The quantitative estimate of drug-likeness (QED) is 0.524. The molecule has 0 atom stereocenters. The van der Waals surface area contributed by atoms with Crippen LogP contribution in [0.15, 0.2) is 70.9 Å². The summed E-state index contributed by atoms with van der Waals surface area (Å²) in [6.45, 7) is -0.471. The fourth-order valence-corrected chi connectivity index (χ4v) is 4.78. The van der Waals surface area contributed by atoms with E-state index in [1.807, 2.05) is 36.4 Å². The monoisotopic (exact) mass is 458 g/mol. The van der Waals surface area contributed by atoms with Crippen molar-refractivity contribution in [3.05, 3.63) is 76.5 Å². The van der Waals surface area contributed by atoms with Gasteiger partial charge < -0.3 is 10.1 Å². The molecule has 0 aliphatic heterocycles. The highest BCUT2D eigenvalue weighted by atomic mass is 32.2. The van der Waals surface area contributed by atoms with Gasteiger partial charge in [0.1, 0.15) is 4.88 Å². The minimum absolute atomic E-state index is 0.00606. The zero-order valence-corrected chi connectivity index (χ0v) is 18.7. The molecule has 0 unspecified atom stereocenters. The Morgan fingerprint density at radius 1 is 1.00 bits per heavy atom. The SMILES string of the molecule is CN(C)S(=O)(=O)c1ccccc1CNC(=O)COC(=O)c1sccc1-c1ccccc1. The van der Waals surface area contributed by atoms with E-state index in [2.05, 4.69) is 5.32 Å². The average Bonchev–Trinajstić information content (AvgIpc) is 3.27. The van der Waals surface area contributed by atoms with Crippen LogP contribution in [0.3, 0.4) is 0 Å². The van der Waals surface area contributed by atoms with E-state index in [4.69, 9.17) is 4.74 Å². The van der Waals surface area contributed by atoms with Gasteiger partial charge in [-0.25, -0.2) is 17.5 Å². The van der Waals surface area contributed by atoms with Crippen molar-refractivity contribution in [2.75, 3.05) is 20.7 Å². The van der Waals surface area contributed by atoms with Crippen molar-refractivity contribution in [2.45, 2.75) is 11.4 Å². The van der Waals surface area contributed by atoms with Gasteiger partial charge in [-0.2, -0.15) is 0 Å². The molecule has 0 bridgehead atoms. The van der Waals surface area contributed by atoms with Gasteiger partial charge in [-0.3, -0.25) is 4.79 Å². The minimum atomic E-state index is -3.64. The van der Waals surface area contributed by atoms with Crippen molar-refractivity contribution in [1.82, 2.24) is 9.62 Å². The Balaban J connectivity index is 1.61. The normalized spacial score (nSPS) is 11.3. The van der Waals surface area contributed by atoms with Gasteiger partial charge in [0.05, 0.1) is 4.90 Å². The first-order valence-electron chi connectivity index (χ1n) is 9.38. The smallest absolute Gasteiger partial charge is 0.349 e. The van der Waals surface area contributed by atoms with Crippen LogP contribution in [0.25, 0.3) is 11.1 Å². The largest absolute Gasteiger partial charge is 0.451 e. The third-order valence-electron chi connectivity index (χ3n) is 4.48. The van der Waals surface area contributed by atoms with Crippen LogP contribution in [-0.2, 0) is 26.1 Å². The van der Waals surface area contributed by atoms with Crippen molar-refractivity contribution in [2.24, 2.45) is 0 Å². The maximum atomic E-state index is 12.5. The lowest BCUT2D eigenvalue weighted by Gasteiger charge is -2.15. The van der Waals surface area contributed by atoms with E-state index in [9.17, 15) is 18.0 Å². The number of carbonyl (C=O) groups excluding carboxylic acids is 2. The lowest BCUT2D eigenvalue weighted by atomic mass is 10.1. The lowest BCUT2D eigenvalue weighted by Crippen LogP contribution is -2.30. The second-order valence-electron chi connectivity index (χ2n) is 6.78. The van der Waals surface area contributed by atoms with E-state index in [0.717, 1.165) is 15.4 Å². The van der Waals surface area contributed by atoms with Gasteiger partial charge in [-0.15, -0.1) is 11.3 Å². The number of carbonyl (C=O) groups is 2. The van der Waals surface area contributed by atoms with Crippen molar-refractivity contribution in [1.29, 1.82) is 0 Å². The molecular weight excluding hydrogens is 436 g/mol. The molecule has 2 aromatic carbocycles. The van der Waals surface area contributed by atoms with Crippen LogP contribution >= 0.6 is 11.3 Å². The van der Waals surface area contributed by atoms with Gasteiger partial charge in [0.15, 0.2) is 6.61 Å². The van der Waals surface area contributed by atoms with Crippen LogP contribution in [0, 0.1) is 0 Å². The fourth-order valence-electron chi connectivity index (χ4n) is 2.85. The van der Waals surface area contributed by atoms with Crippen LogP contribution in [0.1, 0.15) is 15.2 Å². The third kappa shape index (κ3) is 5.38. The fraction of sp³-hybridized carbons (Fsp3) is 0.182. The molecule has 0 saturated heterocycles. The summed E-state index contributed by atoms with van der Waals surface area (Å²) >= 11 is 1.24. The summed E-state index contributed by atoms with van der Waals surface area (Å²) in [6, 6.07) is 17.7. The van der Waals surface area contributed by atoms with E-state index >= 15 is 0 Å². The summed E-state index contributed by atoms with van der Waals surface area (Å²) in [4.78, 5) is 25.2. The predicted molar refractivity (Wildman–Crippen MR) is 119 cm³/mol. The van der Waals surface area contributed by atoms with Crippen molar-refractivity contribution < 1.29 is 22.7 Å². The van der Waals surface area contributed by atoms with Crippen LogP contribution in [0.4, 0.5) is 0 Å². The molecule has 1 amide bonds. The van der Waals surface area contributed by atoms with E-state index in [1.165, 1.54) is 31.5 Å². The zero-order chi connectivity index (χ0) is 22.4. The maximum absolute atomic E-state index is 12.5. The molecule has 1 aromatic heterocycles. The highest BCUT2D eigenvalue weighted by molar-refractivity contribution is 7.89. The van der Waals surface area contributed by atoms with E-state index in [1.54, 1.807) is 23.6 Å². The highest BCUT2D eigenvalue weighted by Gasteiger charge is 2.21. The Morgan fingerprint density at radius 3 is 2.39 bits per heavy atom. The number of hydrogen-bond donors (Lipinski definition) is 1. The zero-order valence-electron chi connectivity index (χ0n) is 17.1. The first kappa shape index (κ1) is 22.7. The number of amides is 1.